The molecule has 0 aliphatic heterocycles. The summed E-state index contributed by atoms with van der Waals surface area (Å²) in [5.74, 6) is 0.396. The molecular formula is C16H14FN3O3S. The molecular weight excluding hydrogens is 333 g/mol. The molecule has 0 bridgehead atoms. The highest BCUT2D eigenvalue weighted by atomic mass is 32.2. The van der Waals surface area contributed by atoms with Crippen LogP contribution < -0.4 is 4.90 Å². The second-order valence-corrected chi connectivity index (χ2v) is 5.68. The summed E-state index contributed by atoms with van der Waals surface area (Å²) in [6, 6.07) is 9.22. The van der Waals surface area contributed by atoms with Crippen molar-refractivity contribution in [2.75, 3.05) is 17.2 Å². The zero-order valence-corrected chi connectivity index (χ0v) is 13.6. The molecule has 0 saturated heterocycles. The maximum Gasteiger partial charge on any atom is 0.284 e. The third-order valence-electron chi connectivity index (χ3n) is 3.21. The van der Waals surface area contributed by atoms with Crippen molar-refractivity contribution in [2.45, 2.75) is 12.1 Å². The lowest BCUT2D eigenvalue weighted by molar-refractivity contribution is -0.116. The van der Waals surface area contributed by atoms with E-state index in [-0.39, 0.29) is 28.6 Å². The SMILES string of the molecule is CCN(C(=O)CSc1nnc(-c2ccco2)o1)c1ccc(F)cc1. The Morgan fingerprint density at radius 1 is 1.25 bits per heavy atom. The van der Waals surface area contributed by atoms with Crippen LogP contribution >= 0.6 is 11.8 Å². The van der Waals surface area contributed by atoms with Crippen LogP contribution in [0.25, 0.3) is 11.7 Å². The van der Waals surface area contributed by atoms with Gasteiger partial charge in [0.2, 0.25) is 5.91 Å². The van der Waals surface area contributed by atoms with Gasteiger partial charge < -0.3 is 13.7 Å². The number of halogens is 1. The van der Waals surface area contributed by atoms with Crippen molar-refractivity contribution in [3.05, 3.63) is 48.5 Å². The standard InChI is InChI=1S/C16H14FN3O3S/c1-2-20(12-7-5-11(17)6-8-12)14(21)10-24-16-19-18-15(23-16)13-4-3-9-22-13/h3-9H,2,10H2,1H3. The highest BCUT2D eigenvalue weighted by molar-refractivity contribution is 7.99. The highest BCUT2D eigenvalue weighted by Crippen LogP contribution is 2.24. The average molecular weight is 347 g/mol. The smallest absolute Gasteiger partial charge is 0.284 e. The van der Waals surface area contributed by atoms with Crippen LogP contribution in [0.2, 0.25) is 0 Å². The van der Waals surface area contributed by atoms with Gasteiger partial charge in [-0.2, -0.15) is 0 Å². The van der Waals surface area contributed by atoms with Crippen LogP contribution in [-0.4, -0.2) is 28.4 Å². The summed E-state index contributed by atoms with van der Waals surface area (Å²) in [4.78, 5) is 13.9. The van der Waals surface area contributed by atoms with Gasteiger partial charge in [0.25, 0.3) is 11.1 Å². The number of furan rings is 1. The number of carbonyl (C=O) groups is 1. The van der Waals surface area contributed by atoms with Gasteiger partial charge in [0.15, 0.2) is 5.76 Å². The van der Waals surface area contributed by atoms with E-state index in [1.165, 1.54) is 18.4 Å². The molecule has 0 spiro atoms. The van der Waals surface area contributed by atoms with Crippen LogP contribution in [-0.2, 0) is 4.79 Å². The number of thioether (sulfide) groups is 1. The molecule has 0 N–H and O–H groups in total. The maximum atomic E-state index is 13.0. The minimum Gasteiger partial charge on any atom is -0.459 e. The van der Waals surface area contributed by atoms with Gasteiger partial charge in [-0.05, 0) is 43.3 Å². The molecule has 0 aliphatic carbocycles. The molecule has 24 heavy (non-hydrogen) atoms. The summed E-state index contributed by atoms with van der Waals surface area (Å²) < 4.78 is 23.6. The number of carbonyl (C=O) groups excluding carboxylic acids is 1. The van der Waals surface area contributed by atoms with Gasteiger partial charge in [-0.1, -0.05) is 11.8 Å². The molecule has 0 unspecified atom stereocenters. The van der Waals surface area contributed by atoms with Crippen LogP contribution in [0.1, 0.15) is 6.92 Å². The Morgan fingerprint density at radius 3 is 2.71 bits per heavy atom. The van der Waals surface area contributed by atoms with Gasteiger partial charge in [-0.3, -0.25) is 4.79 Å². The van der Waals surface area contributed by atoms with Crippen molar-refractivity contribution in [1.82, 2.24) is 10.2 Å². The van der Waals surface area contributed by atoms with Gasteiger partial charge in [-0.15, -0.1) is 10.2 Å². The summed E-state index contributed by atoms with van der Waals surface area (Å²) >= 11 is 1.14. The normalized spacial score (nSPS) is 10.8. The molecule has 3 aromatic rings. The van der Waals surface area contributed by atoms with E-state index in [9.17, 15) is 9.18 Å². The van der Waals surface area contributed by atoms with E-state index in [1.54, 1.807) is 29.2 Å². The van der Waals surface area contributed by atoms with E-state index in [0.29, 0.717) is 18.0 Å². The quantitative estimate of drug-likeness (QED) is 0.634. The first kappa shape index (κ1) is 16.3. The summed E-state index contributed by atoms with van der Waals surface area (Å²) in [6.07, 6.45) is 1.51. The second kappa shape index (κ2) is 7.31. The summed E-state index contributed by atoms with van der Waals surface area (Å²) in [7, 11) is 0. The Labute approximate surface area is 141 Å². The monoisotopic (exact) mass is 347 g/mol. The van der Waals surface area contributed by atoms with E-state index in [1.807, 2.05) is 6.92 Å². The van der Waals surface area contributed by atoms with E-state index in [0.717, 1.165) is 11.8 Å². The topological polar surface area (TPSA) is 72.4 Å². The van der Waals surface area contributed by atoms with Crippen molar-refractivity contribution in [2.24, 2.45) is 0 Å². The minimum absolute atomic E-state index is 0.130. The number of amides is 1. The first-order valence-electron chi connectivity index (χ1n) is 7.23. The molecule has 2 aromatic heterocycles. The third-order valence-corrected chi connectivity index (χ3v) is 4.02. The van der Waals surface area contributed by atoms with Crippen molar-refractivity contribution < 1.29 is 18.0 Å². The molecule has 8 heteroatoms. The zero-order valence-electron chi connectivity index (χ0n) is 12.8. The van der Waals surface area contributed by atoms with E-state index < -0.39 is 0 Å². The number of anilines is 1. The first-order valence-corrected chi connectivity index (χ1v) is 8.22. The molecule has 0 saturated carbocycles. The number of hydrogen-bond donors (Lipinski definition) is 0. The van der Waals surface area contributed by atoms with Crippen LogP contribution in [0, 0.1) is 5.82 Å². The van der Waals surface area contributed by atoms with Crippen molar-refractivity contribution in [3.8, 4) is 11.7 Å². The van der Waals surface area contributed by atoms with Gasteiger partial charge in [0, 0.05) is 12.2 Å². The molecule has 0 fully saturated rings. The van der Waals surface area contributed by atoms with Crippen LogP contribution in [0.5, 0.6) is 0 Å². The van der Waals surface area contributed by atoms with E-state index in [4.69, 9.17) is 8.83 Å². The first-order chi connectivity index (χ1) is 11.7. The third kappa shape index (κ3) is 3.65. The molecule has 2 heterocycles. The number of aromatic nitrogens is 2. The van der Waals surface area contributed by atoms with Gasteiger partial charge in [0.05, 0.1) is 12.0 Å². The Kier molecular flexibility index (Phi) is 4.95. The minimum atomic E-state index is -0.340. The van der Waals surface area contributed by atoms with Gasteiger partial charge in [-0.25, -0.2) is 4.39 Å². The molecule has 0 atom stereocenters. The van der Waals surface area contributed by atoms with Crippen LogP contribution in [0.15, 0.2) is 56.7 Å². The molecule has 1 amide bonds. The number of hydrogen-bond acceptors (Lipinski definition) is 6. The van der Waals surface area contributed by atoms with Crippen molar-refractivity contribution in [1.29, 1.82) is 0 Å². The second-order valence-electron chi connectivity index (χ2n) is 4.75. The summed E-state index contributed by atoms with van der Waals surface area (Å²) in [5.41, 5.74) is 0.645. The molecule has 0 radical (unpaired) electrons. The lowest BCUT2D eigenvalue weighted by Gasteiger charge is -2.20. The molecule has 124 valence electrons. The number of nitrogens with zero attached hydrogens (tertiary/aromatic N) is 3. The van der Waals surface area contributed by atoms with E-state index in [2.05, 4.69) is 10.2 Å². The molecule has 6 nitrogen and oxygen atoms in total. The number of benzene rings is 1. The van der Waals surface area contributed by atoms with E-state index >= 15 is 0 Å². The highest BCUT2D eigenvalue weighted by Gasteiger charge is 2.17. The number of rotatable bonds is 6. The Bertz CT molecular complexity index is 802. The fourth-order valence-electron chi connectivity index (χ4n) is 2.09. The molecule has 1 aromatic carbocycles. The lowest BCUT2D eigenvalue weighted by Crippen LogP contribution is -2.32. The molecule has 3 rings (SSSR count). The summed E-state index contributed by atoms with van der Waals surface area (Å²) in [5, 5.41) is 8.03. The van der Waals surface area contributed by atoms with Crippen LogP contribution in [0.3, 0.4) is 0 Å². The van der Waals surface area contributed by atoms with Crippen molar-refractivity contribution >= 4 is 23.4 Å². The Morgan fingerprint density at radius 2 is 2.04 bits per heavy atom. The van der Waals surface area contributed by atoms with Crippen molar-refractivity contribution in [3.63, 3.8) is 0 Å². The molecule has 0 aliphatic rings. The Balaban J connectivity index is 1.63. The maximum absolute atomic E-state index is 13.0. The van der Waals surface area contributed by atoms with Gasteiger partial charge in [0.1, 0.15) is 5.82 Å². The lowest BCUT2D eigenvalue weighted by atomic mass is 10.3. The van der Waals surface area contributed by atoms with Crippen LogP contribution in [0.4, 0.5) is 10.1 Å². The zero-order chi connectivity index (χ0) is 16.9. The van der Waals surface area contributed by atoms with Gasteiger partial charge >= 0.3 is 0 Å². The average Bonchev–Trinajstić information content (AvgIpc) is 3.26. The fraction of sp³-hybridized carbons (Fsp3) is 0.188. The largest absolute Gasteiger partial charge is 0.459 e. The Hall–Kier alpha value is -2.61. The predicted molar refractivity (Wildman–Crippen MR) is 87.2 cm³/mol. The predicted octanol–water partition coefficient (Wildman–Crippen LogP) is 3.61. The fourth-order valence-corrected chi connectivity index (χ4v) is 2.73. The summed E-state index contributed by atoms with van der Waals surface area (Å²) in [6.45, 7) is 2.33.